The van der Waals surface area contributed by atoms with Gasteiger partial charge in [-0.3, -0.25) is 4.90 Å². The smallest absolute Gasteiger partial charge is 0.258 e. The van der Waals surface area contributed by atoms with Crippen LogP contribution in [0.15, 0.2) is 89.1 Å². The lowest BCUT2D eigenvalue weighted by atomic mass is 9.94. The van der Waals surface area contributed by atoms with Crippen molar-refractivity contribution >= 4 is 40.2 Å². The summed E-state index contributed by atoms with van der Waals surface area (Å²) in [5.74, 6) is 0.985. The first-order chi connectivity index (χ1) is 16.5. The number of aromatic nitrogens is 2. The second kappa shape index (κ2) is 9.41. The number of anilines is 1. The van der Waals surface area contributed by atoms with Crippen LogP contribution in [0.25, 0.3) is 17.0 Å². The maximum absolute atomic E-state index is 6.15. The Kier molecular flexibility index (Phi) is 6.18. The third-order valence-electron chi connectivity index (χ3n) is 5.98. The van der Waals surface area contributed by atoms with E-state index in [1.54, 1.807) is 0 Å². The lowest BCUT2D eigenvalue weighted by Gasteiger charge is -2.37. The molecule has 1 aliphatic rings. The summed E-state index contributed by atoms with van der Waals surface area (Å²) in [6.07, 6.45) is 0.978. The predicted octanol–water partition coefficient (Wildman–Crippen LogP) is 6.82. The van der Waals surface area contributed by atoms with E-state index in [9.17, 15) is 0 Å². The summed E-state index contributed by atoms with van der Waals surface area (Å²) in [6.45, 7) is 4.17. The Hall–Kier alpha value is -3.48. The van der Waals surface area contributed by atoms with E-state index in [0.717, 1.165) is 34.5 Å². The summed E-state index contributed by atoms with van der Waals surface area (Å²) >= 11 is 12.0. The van der Waals surface area contributed by atoms with Crippen LogP contribution < -0.4 is 10.2 Å². The van der Waals surface area contributed by atoms with Crippen molar-refractivity contribution < 1.29 is 4.52 Å². The average Bonchev–Trinajstić information content (AvgIpc) is 3.35. The molecule has 34 heavy (non-hydrogen) atoms. The van der Waals surface area contributed by atoms with Gasteiger partial charge in [0.25, 0.3) is 5.89 Å². The van der Waals surface area contributed by atoms with E-state index in [1.807, 2.05) is 66.4 Å². The summed E-state index contributed by atoms with van der Waals surface area (Å²) < 4.78 is 5.81. The quantitative estimate of drug-likeness (QED) is 0.312. The van der Waals surface area contributed by atoms with E-state index in [0.29, 0.717) is 21.9 Å². The van der Waals surface area contributed by atoms with Crippen molar-refractivity contribution in [3.8, 4) is 11.4 Å². The van der Waals surface area contributed by atoms with Crippen LogP contribution in [0.4, 0.5) is 5.69 Å². The largest absolute Gasteiger partial charge is 0.351 e. The predicted molar refractivity (Wildman–Crippen MR) is 141 cm³/mol. The fourth-order valence-corrected chi connectivity index (χ4v) is 4.64. The van der Waals surface area contributed by atoms with E-state index in [1.165, 1.54) is 5.56 Å². The van der Waals surface area contributed by atoms with Crippen molar-refractivity contribution in [2.45, 2.75) is 26.3 Å². The van der Waals surface area contributed by atoms with Gasteiger partial charge in [0, 0.05) is 22.0 Å². The lowest BCUT2D eigenvalue weighted by molar-refractivity contribution is 0.404. The van der Waals surface area contributed by atoms with Gasteiger partial charge in [0.15, 0.2) is 5.11 Å². The van der Waals surface area contributed by atoms with Crippen LogP contribution >= 0.6 is 23.8 Å². The van der Waals surface area contributed by atoms with E-state index in [4.69, 9.17) is 33.3 Å². The monoisotopic (exact) mass is 486 g/mol. The first-order valence-corrected chi connectivity index (χ1v) is 11.9. The fourth-order valence-electron chi connectivity index (χ4n) is 4.15. The number of hydrogen-bond donors (Lipinski definition) is 1. The van der Waals surface area contributed by atoms with E-state index in [-0.39, 0.29) is 6.04 Å². The molecule has 0 saturated carbocycles. The van der Waals surface area contributed by atoms with Crippen LogP contribution in [0.3, 0.4) is 0 Å². The standard InChI is InChI=1S/C27H23ClN4OS/c1-3-18-9-15-22(16-10-18)32-17(2)23(24(29-27(32)34)19-11-13-21(28)14-12-19)26-30-25(31-33-26)20-7-5-4-6-8-20/h4-16,24H,3H2,1-2H3,(H,29,34). The molecule has 1 aromatic heterocycles. The van der Waals surface area contributed by atoms with Gasteiger partial charge in [-0.05, 0) is 61.0 Å². The molecule has 2 heterocycles. The van der Waals surface area contributed by atoms with Gasteiger partial charge in [-0.15, -0.1) is 0 Å². The highest BCUT2D eigenvalue weighted by atomic mass is 35.5. The highest BCUT2D eigenvalue weighted by molar-refractivity contribution is 7.80. The molecule has 3 aromatic carbocycles. The fraction of sp³-hybridized carbons (Fsp3) is 0.148. The molecule has 0 aliphatic carbocycles. The van der Waals surface area contributed by atoms with Crippen molar-refractivity contribution in [2.75, 3.05) is 4.90 Å². The topological polar surface area (TPSA) is 54.2 Å². The van der Waals surface area contributed by atoms with Crippen LogP contribution in [-0.4, -0.2) is 15.3 Å². The normalized spacial score (nSPS) is 16.0. The number of nitrogens with one attached hydrogen (secondary N) is 1. The van der Waals surface area contributed by atoms with Gasteiger partial charge in [0.05, 0.1) is 11.6 Å². The van der Waals surface area contributed by atoms with Gasteiger partial charge in [-0.2, -0.15) is 4.98 Å². The zero-order valence-corrected chi connectivity index (χ0v) is 20.4. The van der Waals surface area contributed by atoms with Crippen molar-refractivity contribution in [3.05, 3.63) is 107 Å². The van der Waals surface area contributed by atoms with Crippen molar-refractivity contribution in [3.63, 3.8) is 0 Å². The number of aryl methyl sites for hydroxylation is 1. The molecular weight excluding hydrogens is 464 g/mol. The zero-order chi connectivity index (χ0) is 23.7. The molecule has 0 fully saturated rings. The Bertz CT molecular complexity index is 1350. The molecule has 0 amide bonds. The third kappa shape index (κ3) is 4.22. The highest BCUT2D eigenvalue weighted by Crippen LogP contribution is 2.39. The number of rotatable bonds is 5. The van der Waals surface area contributed by atoms with Crippen LogP contribution in [0.5, 0.6) is 0 Å². The maximum Gasteiger partial charge on any atom is 0.258 e. The second-order valence-corrected chi connectivity index (χ2v) is 8.90. The summed E-state index contributed by atoms with van der Waals surface area (Å²) in [5, 5.41) is 9.02. The number of allylic oxidation sites excluding steroid dienone is 1. The van der Waals surface area contributed by atoms with Crippen molar-refractivity contribution in [1.29, 1.82) is 0 Å². The first-order valence-electron chi connectivity index (χ1n) is 11.1. The SMILES string of the molecule is CCc1ccc(N2C(=S)NC(c3ccc(Cl)cc3)C(c3nc(-c4ccccc4)no3)=C2C)cc1. The molecule has 1 aliphatic heterocycles. The number of hydrogen-bond acceptors (Lipinski definition) is 4. The van der Waals surface area contributed by atoms with Gasteiger partial charge in [-0.25, -0.2) is 0 Å². The van der Waals surface area contributed by atoms with Gasteiger partial charge in [-0.1, -0.05) is 78.3 Å². The Morgan fingerprint density at radius 1 is 1.00 bits per heavy atom. The summed E-state index contributed by atoms with van der Waals surface area (Å²) in [5.41, 5.74) is 5.93. The van der Waals surface area contributed by atoms with E-state index in [2.05, 4.69) is 41.7 Å². The van der Waals surface area contributed by atoms with Gasteiger partial charge in [0.1, 0.15) is 0 Å². The van der Waals surface area contributed by atoms with Gasteiger partial charge in [0.2, 0.25) is 5.82 Å². The summed E-state index contributed by atoms with van der Waals surface area (Å²) in [7, 11) is 0. The van der Waals surface area contributed by atoms with Crippen LogP contribution in [0.1, 0.15) is 36.9 Å². The molecule has 5 rings (SSSR count). The molecule has 170 valence electrons. The molecule has 1 N–H and O–H groups in total. The molecule has 1 atom stereocenters. The maximum atomic E-state index is 6.15. The minimum Gasteiger partial charge on any atom is -0.351 e. The average molecular weight is 487 g/mol. The van der Waals surface area contributed by atoms with Gasteiger partial charge >= 0.3 is 0 Å². The molecule has 7 heteroatoms. The van der Waals surface area contributed by atoms with Crippen LogP contribution in [0, 0.1) is 0 Å². The molecule has 5 nitrogen and oxygen atoms in total. The molecule has 0 bridgehead atoms. The Balaban J connectivity index is 1.64. The molecule has 0 radical (unpaired) electrons. The number of nitrogens with zero attached hydrogens (tertiary/aromatic N) is 3. The Labute approximate surface area is 209 Å². The minimum atomic E-state index is -0.264. The molecule has 1 unspecified atom stereocenters. The number of thiocarbonyl (C=S) groups is 1. The second-order valence-electron chi connectivity index (χ2n) is 8.08. The first kappa shape index (κ1) is 22.3. The Morgan fingerprint density at radius 2 is 1.71 bits per heavy atom. The van der Waals surface area contributed by atoms with Crippen LogP contribution in [-0.2, 0) is 6.42 Å². The zero-order valence-electron chi connectivity index (χ0n) is 18.8. The molecule has 0 spiro atoms. The lowest BCUT2D eigenvalue weighted by Crippen LogP contribution is -2.46. The summed E-state index contributed by atoms with van der Waals surface area (Å²) in [4.78, 5) is 6.77. The van der Waals surface area contributed by atoms with E-state index >= 15 is 0 Å². The molecule has 4 aromatic rings. The number of benzene rings is 3. The molecule has 0 saturated heterocycles. The Morgan fingerprint density at radius 3 is 2.38 bits per heavy atom. The highest BCUT2D eigenvalue weighted by Gasteiger charge is 2.34. The number of halogens is 1. The molecular formula is C27H23ClN4OS. The van der Waals surface area contributed by atoms with E-state index < -0.39 is 0 Å². The summed E-state index contributed by atoms with van der Waals surface area (Å²) in [6, 6.07) is 25.6. The minimum absolute atomic E-state index is 0.264. The van der Waals surface area contributed by atoms with Gasteiger partial charge < -0.3 is 9.84 Å². The van der Waals surface area contributed by atoms with Crippen molar-refractivity contribution in [1.82, 2.24) is 15.5 Å². The third-order valence-corrected chi connectivity index (χ3v) is 6.53. The van der Waals surface area contributed by atoms with Crippen LogP contribution in [0.2, 0.25) is 5.02 Å². The van der Waals surface area contributed by atoms with Crippen molar-refractivity contribution in [2.24, 2.45) is 0 Å².